The molecular formula is C23H26Cl2N4O4S2. The number of anilines is 1. The normalized spacial score (nSPS) is 16.8. The van der Waals surface area contributed by atoms with Crippen LogP contribution in [0.5, 0.6) is 5.75 Å². The van der Waals surface area contributed by atoms with Crippen LogP contribution in [0.2, 0.25) is 10.0 Å². The van der Waals surface area contributed by atoms with Gasteiger partial charge in [-0.2, -0.15) is 4.31 Å². The number of hydrogen-bond donors (Lipinski definition) is 0. The van der Waals surface area contributed by atoms with Crippen molar-refractivity contribution >= 4 is 65.8 Å². The van der Waals surface area contributed by atoms with Gasteiger partial charge in [-0.25, -0.2) is 13.4 Å². The molecule has 35 heavy (non-hydrogen) atoms. The van der Waals surface area contributed by atoms with Crippen LogP contribution in [0.4, 0.5) is 5.13 Å². The maximum Gasteiger partial charge on any atom is 0.247 e. The van der Waals surface area contributed by atoms with Crippen LogP contribution in [0.1, 0.15) is 12.8 Å². The van der Waals surface area contributed by atoms with Crippen molar-refractivity contribution < 1.29 is 17.9 Å². The van der Waals surface area contributed by atoms with Gasteiger partial charge in [-0.3, -0.25) is 9.69 Å². The Labute approximate surface area is 219 Å². The Balaban J connectivity index is 1.71. The van der Waals surface area contributed by atoms with E-state index in [1.807, 2.05) is 19.0 Å². The molecule has 1 fully saturated rings. The minimum absolute atomic E-state index is 0.109. The molecule has 1 aliphatic rings. The molecule has 0 bridgehead atoms. The molecule has 2 heterocycles. The van der Waals surface area contributed by atoms with E-state index in [1.165, 1.54) is 39.9 Å². The number of thiazole rings is 1. The third-order valence-electron chi connectivity index (χ3n) is 5.84. The summed E-state index contributed by atoms with van der Waals surface area (Å²) >= 11 is 13.6. The van der Waals surface area contributed by atoms with E-state index in [9.17, 15) is 13.2 Å². The first-order valence-electron chi connectivity index (χ1n) is 11.0. The van der Waals surface area contributed by atoms with Crippen molar-refractivity contribution in [1.29, 1.82) is 0 Å². The SMILES string of the molecule is COc1ccc(Cl)c2sc(N(CCN(C)C)C(=O)C3CCCN3S(=O)(=O)c3ccc(Cl)cc3)nc12. The van der Waals surface area contributed by atoms with Crippen molar-refractivity contribution in [3.8, 4) is 5.75 Å². The van der Waals surface area contributed by atoms with Crippen LogP contribution >= 0.6 is 34.5 Å². The first kappa shape index (κ1) is 26.1. The van der Waals surface area contributed by atoms with Gasteiger partial charge in [-0.05, 0) is 63.3 Å². The third-order valence-corrected chi connectivity index (χ3v) is 9.56. The average molecular weight is 558 g/mol. The highest BCUT2D eigenvalue weighted by Gasteiger charge is 2.42. The highest BCUT2D eigenvalue weighted by molar-refractivity contribution is 7.89. The van der Waals surface area contributed by atoms with E-state index in [-0.39, 0.29) is 17.3 Å². The summed E-state index contributed by atoms with van der Waals surface area (Å²) in [6.07, 6.45) is 1.02. The molecule has 1 aliphatic heterocycles. The molecule has 2 aromatic carbocycles. The van der Waals surface area contributed by atoms with Crippen LogP contribution in [0.25, 0.3) is 10.2 Å². The molecule has 188 valence electrons. The second-order valence-electron chi connectivity index (χ2n) is 8.44. The summed E-state index contributed by atoms with van der Waals surface area (Å²) in [5, 5.41) is 1.41. The number of fused-ring (bicyclic) bond motifs is 1. The molecule has 1 aromatic heterocycles. The Morgan fingerprint density at radius 3 is 2.54 bits per heavy atom. The molecule has 1 saturated heterocycles. The number of aromatic nitrogens is 1. The van der Waals surface area contributed by atoms with Crippen molar-refractivity contribution in [2.75, 3.05) is 45.7 Å². The zero-order valence-corrected chi connectivity index (χ0v) is 22.7. The number of sulfonamides is 1. The molecule has 0 N–H and O–H groups in total. The van der Waals surface area contributed by atoms with E-state index >= 15 is 0 Å². The number of nitrogens with zero attached hydrogens (tertiary/aromatic N) is 4. The first-order valence-corrected chi connectivity index (χ1v) is 14.0. The highest BCUT2D eigenvalue weighted by atomic mass is 35.5. The molecule has 1 amide bonds. The Morgan fingerprint density at radius 1 is 1.17 bits per heavy atom. The van der Waals surface area contributed by atoms with Gasteiger partial charge < -0.3 is 9.64 Å². The van der Waals surface area contributed by atoms with Gasteiger partial charge in [0.15, 0.2) is 5.13 Å². The summed E-state index contributed by atoms with van der Waals surface area (Å²) in [5.41, 5.74) is 0.569. The van der Waals surface area contributed by atoms with Gasteiger partial charge in [-0.1, -0.05) is 34.5 Å². The summed E-state index contributed by atoms with van der Waals surface area (Å²) in [5.74, 6) is 0.246. The molecule has 4 rings (SSSR count). The lowest BCUT2D eigenvalue weighted by atomic mass is 10.2. The van der Waals surface area contributed by atoms with Crippen LogP contribution in [0.3, 0.4) is 0 Å². The first-order chi connectivity index (χ1) is 16.6. The zero-order valence-electron chi connectivity index (χ0n) is 19.6. The number of likely N-dealkylation sites (N-methyl/N-ethyl adjacent to an activating group) is 1. The van der Waals surface area contributed by atoms with E-state index in [2.05, 4.69) is 4.98 Å². The van der Waals surface area contributed by atoms with Gasteiger partial charge in [0.05, 0.1) is 21.7 Å². The van der Waals surface area contributed by atoms with E-state index in [0.29, 0.717) is 57.1 Å². The number of methoxy groups -OCH3 is 1. The number of ether oxygens (including phenoxy) is 1. The molecule has 0 aliphatic carbocycles. The Bertz CT molecular complexity index is 1330. The van der Waals surface area contributed by atoms with Crippen molar-refractivity contribution in [3.63, 3.8) is 0 Å². The van der Waals surface area contributed by atoms with Gasteiger partial charge in [0.2, 0.25) is 15.9 Å². The Morgan fingerprint density at radius 2 is 1.89 bits per heavy atom. The lowest BCUT2D eigenvalue weighted by molar-refractivity contribution is -0.121. The topological polar surface area (TPSA) is 83.0 Å². The van der Waals surface area contributed by atoms with Crippen LogP contribution < -0.4 is 9.64 Å². The predicted molar refractivity (Wildman–Crippen MR) is 140 cm³/mol. The van der Waals surface area contributed by atoms with E-state index in [4.69, 9.17) is 27.9 Å². The number of carbonyl (C=O) groups is 1. The zero-order chi connectivity index (χ0) is 25.3. The fourth-order valence-corrected chi connectivity index (χ4v) is 7.08. The lowest BCUT2D eigenvalue weighted by Gasteiger charge is -2.29. The fourth-order valence-electron chi connectivity index (χ4n) is 4.02. The highest BCUT2D eigenvalue weighted by Crippen LogP contribution is 2.39. The molecule has 12 heteroatoms. The minimum Gasteiger partial charge on any atom is -0.494 e. The largest absolute Gasteiger partial charge is 0.494 e. The van der Waals surface area contributed by atoms with Gasteiger partial charge in [0, 0.05) is 24.7 Å². The minimum atomic E-state index is -3.88. The van der Waals surface area contributed by atoms with Gasteiger partial charge in [0.25, 0.3) is 0 Å². The fraction of sp³-hybridized carbons (Fsp3) is 0.391. The summed E-state index contributed by atoms with van der Waals surface area (Å²) in [4.78, 5) is 22.2. The van der Waals surface area contributed by atoms with Crippen molar-refractivity contribution in [2.45, 2.75) is 23.8 Å². The molecule has 3 aromatic rings. The summed E-state index contributed by atoms with van der Waals surface area (Å²) < 4.78 is 34.3. The molecule has 0 spiro atoms. The average Bonchev–Trinajstić information content (AvgIpc) is 3.48. The number of amides is 1. The number of carbonyl (C=O) groups excluding carboxylic acids is 1. The quantitative estimate of drug-likeness (QED) is 0.410. The summed E-state index contributed by atoms with van der Waals surface area (Å²) in [6.45, 7) is 1.18. The van der Waals surface area contributed by atoms with E-state index in [0.717, 1.165) is 0 Å². The molecule has 0 saturated carbocycles. The van der Waals surface area contributed by atoms with Crippen molar-refractivity contribution in [3.05, 3.63) is 46.4 Å². The summed E-state index contributed by atoms with van der Waals surface area (Å²) in [6, 6.07) is 8.62. The van der Waals surface area contributed by atoms with Crippen LogP contribution in [-0.2, 0) is 14.8 Å². The van der Waals surface area contributed by atoms with Crippen LogP contribution in [0, 0.1) is 0 Å². The maximum absolute atomic E-state index is 13.9. The van der Waals surface area contributed by atoms with Gasteiger partial charge in [0.1, 0.15) is 17.3 Å². The van der Waals surface area contributed by atoms with E-state index < -0.39 is 16.1 Å². The van der Waals surface area contributed by atoms with Gasteiger partial charge >= 0.3 is 0 Å². The standard InChI is InChI=1S/C23H26Cl2N4O4S2/c1-27(2)13-14-28(23-26-20-19(33-3)11-10-17(25)21(20)34-23)22(30)18-5-4-12-29(18)35(31,32)16-8-6-15(24)7-9-16/h6-11,18H,4-5,12-14H2,1-3H3. The molecule has 1 atom stereocenters. The molecule has 1 unspecified atom stereocenters. The molecule has 0 radical (unpaired) electrons. The smallest absolute Gasteiger partial charge is 0.247 e. The Hall–Kier alpha value is -1.95. The second kappa shape index (κ2) is 10.6. The Kier molecular flexibility index (Phi) is 7.89. The van der Waals surface area contributed by atoms with Crippen molar-refractivity contribution in [2.24, 2.45) is 0 Å². The molecule has 8 nitrogen and oxygen atoms in total. The number of rotatable bonds is 8. The second-order valence-corrected chi connectivity index (χ2v) is 12.2. The maximum atomic E-state index is 13.9. The summed E-state index contributed by atoms with van der Waals surface area (Å²) in [7, 11) is 1.49. The number of halogens is 2. The lowest BCUT2D eigenvalue weighted by Crippen LogP contribution is -2.49. The van der Waals surface area contributed by atoms with Gasteiger partial charge in [-0.15, -0.1) is 0 Å². The number of hydrogen-bond acceptors (Lipinski definition) is 7. The number of benzene rings is 2. The third kappa shape index (κ3) is 5.28. The predicted octanol–water partition coefficient (Wildman–Crippen LogP) is 4.36. The van der Waals surface area contributed by atoms with E-state index in [1.54, 1.807) is 24.1 Å². The monoisotopic (exact) mass is 556 g/mol. The van der Waals surface area contributed by atoms with Crippen LogP contribution in [-0.4, -0.2) is 75.4 Å². The molecular weight excluding hydrogens is 531 g/mol. The van der Waals surface area contributed by atoms with Crippen molar-refractivity contribution in [1.82, 2.24) is 14.2 Å². The van der Waals surface area contributed by atoms with Crippen LogP contribution in [0.15, 0.2) is 41.3 Å².